The van der Waals surface area contributed by atoms with Gasteiger partial charge in [-0.05, 0) is 58.7 Å². The Labute approximate surface area is 124 Å². The monoisotopic (exact) mass is 339 g/mol. The lowest BCUT2D eigenvalue weighted by atomic mass is 10.1. The van der Waals surface area contributed by atoms with Crippen LogP contribution >= 0.6 is 27.5 Å². The zero-order valence-electron chi connectivity index (χ0n) is 10.1. The Morgan fingerprint density at radius 1 is 1.26 bits per heavy atom. The van der Waals surface area contributed by atoms with Crippen molar-refractivity contribution in [2.75, 3.05) is 5.32 Å². The second kappa shape index (κ2) is 5.63. The highest BCUT2D eigenvalue weighted by molar-refractivity contribution is 9.10. The number of carbonyl (C=O) groups excluding carboxylic acids is 1. The first-order chi connectivity index (χ1) is 8.97. The number of anilines is 1. The van der Waals surface area contributed by atoms with Gasteiger partial charge in [0, 0.05) is 10.2 Å². The predicted octanol–water partition coefficient (Wildman–Crippen LogP) is 4.37. The van der Waals surface area contributed by atoms with Crippen molar-refractivity contribution in [3.63, 3.8) is 0 Å². The molecule has 0 unspecified atom stereocenters. The van der Waals surface area contributed by atoms with Gasteiger partial charge in [0.2, 0.25) is 0 Å². The molecule has 0 aliphatic rings. The average molecular weight is 341 g/mol. The van der Waals surface area contributed by atoms with Crippen molar-refractivity contribution < 1.29 is 9.90 Å². The number of carbonyl (C=O) groups is 1. The third-order valence-corrected chi connectivity index (χ3v) is 3.79. The number of aromatic hydroxyl groups is 1. The number of nitrogens with one attached hydrogen (secondary N) is 1. The number of hydrogen-bond donors (Lipinski definition) is 2. The maximum Gasteiger partial charge on any atom is 0.259 e. The van der Waals surface area contributed by atoms with Crippen molar-refractivity contribution in [2.45, 2.75) is 6.92 Å². The molecule has 0 bridgehead atoms. The van der Waals surface area contributed by atoms with Crippen LogP contribution in [0.4, 0.5) is 5.69 Å². The van der Waals surface area contributed by atoms with Crippen LogP contribution in [0, 0.1) is 6.92 Å². The summed E-state index contributed by atoms with van der Waals surface area (Å²) in [4.78, 5) is 12.0. The molecule has 0 atom stereocenters. The molecule has 2 aromatic rings. The highest BCUT2D eigenvalue weighted by atomic mass is 79.9. The van der Waals surface area contributed by atoms with Crippen LogP contribution in [0.5, 0.6) is 5.75 Å². The third-order valence-electron chi connectivity index (χ3n) is 2.58. The van der Waals surface area contributed by atoms with Crippen LogP contribution in [0.3, 0.4) is 0 Å². The van der Waals surface area contributed by atoms with Gasteiger partial charge in [-0.1, -0.05) is 17.7 Å². The summed E-state index contributed by atoms with van der Waals surface area (Å²) in [5.74, 6) is -0.405. The number of rotatable bonds is 2. The van der Waals surface area contributed by atoms with E-state index in [2.05, 4.69) is 21.2 Å². The Bertz CT molecular complexity index is 643. The fourth-order valence-electron chi connectivity index (χ4n) is 1.61. The van der Waals surface area contributed by atoms with Crippen LogP contribution in [0.2, 0.25) is 5.02 Å². The molecule has 0 aromatic heterocycles. The summed E-state index contributed by atoms with van der Waals surface area (Å²) in [7, 11) is 0. The molecule has 0 aliphatic heterocycles. The van der Waals surface area contributed by atoms with Crippen LogP contribution in [0.1, 0.15) is 15.9 Å². The highest BCUT2D eigenvalue weighted by Gasteiger charge is 2.11. The summed E-state index contributed by atoms with van der Waals surface area (Å²) in [5.41, 5.74) is 1.72. The summed E-state index contributed by atoms with van der Waals surface area (Å²) in [6.45, 7) is 1.84. The Hall–Kier alpha value is -1.52. The number of phenolic OH excluding ortho intramolecular Hbond substituents is 1. The van der Waals surface area contributed by atoms with E-state index >= 15 is 0 Å². The van der Waals surface area contributed by atoms with E-state index in [0.717, 1.165) is 5.56 Å². The molecule has 0 radical (unpaired) electrons. The molecule has 0 fully saturated rings. The minimum atomic E-state index is -0.369. The van der Waals surface area contributed by atoms with E-state index < -0.39 is 0 Å². The zero-order chi connectivity index (χ0) is 14.0. The van der Waals surface area contributed by atoms with Gasteiger partial charge in [0.05, 0.1) is 10.6 Å². The molecular weight excluding hydrogens is 330 g/mol. The molecule has 19 heavy (non-hydrogen) atoms. The van der Waals surface area contributed by atoms with Crippen LogP contribution in [0.15, 0.2) is 40.9 Å². The Morgan fingerprint density at radius 3 is 2.63 bits per heavy atom. The average Bonchev–Trinajstić information content (AvgIpc) is 2.33. The van der Waals surface area contributed by atoms with Gasteiger partial charge in [-0.3, -0.25) is 4.79 Å². The summed E-state index contributed by atoms with van der Waals surface area (Å²) in [6.07, 6.45) is 0. The first-order valence-corrected chi connectivity index (χ1v) is 6.70. The van der Waals surface area contributed by atoms with Gasteiger partial charge in [-0.15, -0.1) is 0 Å². The maximum atomic E-state index is 12.0. The van der Waals surface area contributed by atoms with E-state index in [1.165, 1.54) is 0 Å². The second-order valence-electron chi connectivity index (χ2n) is 4.10. The van der Waals surface area contributed by atoms with Gasteiger partial charge in [-0.2, -0.15) is 0 Å². The van der Waals surface area contributed by atoms with E-state index in [4.69, 9.17) is 11.6 Å². The van der Waals surface area contributed by atoms with Gasteiger partial charge < -0.3 is 10.4 Å². The number of phenols is 1. The molecule has 98 valence electrons. The third kappa shape index (κ3) is 3.28. The van der Waals surface area contributed by atoms with Crippen LogP contribution in [0.25, 0.3) is 0 Å². The maximum absolute atomic E-state index is 12.0. The second-order valence-corrected chi connectivity index (χ2v) is 5.37. The molecule has 2 aromatic carbocycles. The van der Waals surface area contributed by atoms with Crippen molar-refractivity contribution in [1.82, 2.24) is 0 Å². The Kier molecular flexibility index (Phi) is 4.12. The Balaban J connectivity index is 2.23. The van der Waals surface area contributed by atoms with E-state index in [-0.39, 0.29) is 17.2 Å². The summed E-state index contributed by atoms with van der Waals surface area (Å²) in [6, 6.07) is 9.97. The minimum Gasteiger partial charge on any atom is -0.507 e. The molecule has 5 heteroatoms. The first-order valence-electron chi connectivity index (χ1n) is 5.53. The minimum absolute atomic E-state index is 0.0365. The van der Waals surface area contributed by atoms with E-state index in [1.807, 2.05) is 6.92 Å². The number of amides is 1. The summed E-state index contributed by atoms with van der Waals surface area (Å²) < 4.78 is 0.695. The van der Waals surface area contributed by atoms with E-state index in [1.54, 1.807) is 36.4 Å². The van der Waals surface area contributed by atoms with Crippen molar-refractivity contribution in [3.05, 3.63) is 57.0 Å². The number of benzene rings is 2. The standard InChI is InChI=1S/C14H11BrClNO2/c1-8-2-4-10(13(18)6-8)14(19)17-9-3-5-12(16)11(15)7-9/h2-7,18H,1H3,(H,17,19). The van der Waals surface area contributed by atoms with E-state index in [0.29, 0.717) is 15.2 Å². The van der Waals surface area contributed by atoms with Crippen molar-refractivity contribution in [2.24, 2.45) is 0 Å². The van der Waals surface area contributed by atoms with Gasteiger partial charge in [0.15, 0.2) is 0 Å². The fraction of sp³-hybridized carbons (Fsp3) is 0.0714. The number of hydrogen-bond acceptors (Lipinski definition) is 2. The lowest BCUT2D eigenvalue weighted by molar-refractivity contribution is 0.102. The summed E-state index contributed by atoms with van der Waals surface area (Å²) in [5, 5.41) is 13.0. The number of halogens is 2. The Morgan fingerprint density at radius 2 is 2.00 bits per heavy atom. The van der Waals surface area contributed by atoms with Gasteiger partial charge in [0.1, 0.15) is 5.75 Å². The number of aryl methyl sites for hydroxylation is 1. The fourth-order valence-corrected chi connectivity index (χ4v) is 2.10. The quantitative estimate of drug-likeness (QED) is 0.853. The molecule has 2 rings (SSSR count). The lowest BCUT2D eigenvalue weighted by Crippen LogP contribution is -2.12. The van der Waals surface area contributed by atoms with E-state index in [9.17, 15) is 9.90 Å². The molecular formula is C14H11BrClNO2. The molecule has 3 nitrogen and oxygen atoms in total. The molecule has 0 saturated carbocycles. The zero-order valence-corrected chi connectivity index (χ0v) is 12.4. The molecule has 0 saturated heterocycles. The topological polar surface area (TPSA) is 49.3 Å². The van der Waals surface area contributed by atoms with Crippen LogP contribution in [-0.2, 0) is 0 Å². The first kappa shape index (κ1) is 13.9. The van der Waals surface area contributed by atoms with Crippen LogP contribution < -0.4 is 5.32 Å². The lowest BCUT2D eigenvalue weighted by Gasteiger charge is -2.08. The SMILES string of the molecule is Cc1ccc(C(=O)Nc2ccc(Cl)c(Br)c2)c(O)c1. The van der Waals surface area contributed by atoms with Crippen molar-refractivity contribution in [1.29, 1.82) is 0 Å². The van der Waals surface area contributed by atoms with Crippen LogP contribution in [-0.4, -0.2) is 11.0 Å². The highest BCUT2D eigenvalue weighted by Crippen LogP contribution is 2.26. The van der Waals surface area contributed by atoms with Gasteiger partial charge in [0.25, 0.3) is 5.91 Å². The predicted molar refractivity (Wildman–Crippen MR) is 79.9 cm³/mol. The van der Waals surface area contributed by atoms with Gasteiger partial charge >= 0.3 is 0 Å². The molecule has 1 amide bonds. The summed E-state index contributed by atoms with van der Waals surface area (Å²) >= 11 is 9.16. The largest absolute Gasteiger partial charge is 0.507 e. The molecule has 0 heterocycles. The van der Waals surface area contributed by atoms with Crippen molar-refractivity contribution >= 4 is 39.1 Å². The smallest absolute Gasteiger partial charge is 0.259 e. The molecule has 0 spiro atoms. The molecule has 0 aliphatic carbocycles. The van der Waals surface area contributed by atoms with Gasteiger partial charge in [-0.25, -0.2) is 0 Å². The normalized spacial score (nSPS) is 10.3. The molecule has 2 N–H and O–H groups in total. The van der Waals surface area contributed by atoms with Crippen molar-refractivity contribution in [3.8, 4) is 5.75 Å².